The molecule has 0 unspecified atom stereocenters. The number of aryl methyl sites for hydroxylation is 2. The number of benzene rings is 2. The first-order chi connectivity index (χ1) is 12.0. The maximum atomic E-state index is 12.5. The third-order valence-corrected chi connectivity index (χ3v) is 4.27. The minimum absolute atomic E-state index is 0. The Morgan fingerprint density at radius 3 is 2.27 bits per heavy atom. The molecule has 0 saturated heterocycles. The van der Waals surface area contributed by atoms with E-state index in [0.717, 1.165) is 27.9 Å². The molecule has 0 saturated carbocycles. The molecule has 3 nitrogen and oxygen atoms in total. The van der Waals surface area contributed by atoms with E-state index in [1.807, 2.05) is 73.3 Å². The zero-order valence-corrected chi connectivity index (χ0v) is 18.5. The minimum Gasteiger partial charge on any atom is -0.320 e. The van der Waals surface area contributed by atoms with Crippen molar-refractivity contribution >= 4 is 23.2 Å². The summed E-state index contributed by atoms with van der Waals surface area (Å²) in [5, 5.41) is 3.67. The van der Waals surface area contributed by atoms with E-state index in [0.29, 0.717) is 5.02 Å². The van der Waals surface area contributed by atoms with E-state index in [-0.39, 0.29) is 45.2 Å². The van der Waals surface area contributed by atoms with Gasteiger partial charge in [0, 0.05) is 55.0 Å². The summed E-state index contributed by atoms with van der Waals surface area (Å²) < 4.78 is 1.89. The van der Waals surface area contributed by atoms with Gasteiger partial charge >= 0.3 is 0 Å². The molecule has 0 aliphatic heterocycles. The predicted octanol–water partition coefficient (Wildman–Crippen LogP) is 4.55. The predicted molar refractivity (Wildman–Crippen MR) is 102 cm³/mol. The number of carbonyl (C=O) groups is 1. The average Bonchev–Trinajstić information content (AvgIpc) is 2.59. The van der Waals surface area contributed by atoms with E-state index in [1.54, 1.807) is 0 Å². The van der Waals surface area contributed by atoms with Gasteiger partial charge in [-0.25, -0.2) is 0 Å². The van der Waals surface area contributed by atoms with Crippen LogP contribution in [0.2, 0.25) is 5.02 Å². The molecule has 3 aromatic rings. The Morgan fingerprint density at radius 2 is 1.62 bits per heavy atom. The molecular weight excluding hydrogens is 421 g/mol. The number of hydrogen-bond acceptors (Lipinski definition) is 1. The molecule has 129 valence electrons. The fourth-order valence-corrected chi connectivity index (χ4v) is 3.20. The van der Waals surface area contributed by atoms with Crippen LogP contribution in [0.3, 0.4) is 0 Å². The number of rotatable bonds is 4. The van der Waals surface area contributed by atoms with Crippen LogP contribution in [0.1, 0.15) is 11.1 Å². The number of aromatic nitrogens is 1. The number of nitrogens with zero attached hydrogens (tertiary/aromatic N) is 1. The molecule has 0 fully saturated rings. The molecule has 1 radical (unpaired) electrons. The van der Waals surface area contributed by atoms with Gasteiger partial charge in [0.15, 0.2) is 12.4 Å². The second-order valence-corrected chi connectivity index (χ2v) is 6.53. The first-order valence-corrected chi connectivity index (χ1v) is 8.52. The molecule has 0 spiro atoms. The van der Waals surface area contributed by atoms with Gasteiger partial charge in [0.05, 0.1) is 0 Å². The van der Waals surface area contributed by atoms with Crippen molar-refractivity contribution in [1.29, 1.82) is 0 Å². The quantitative estimate of drug-likeness (QED) is 0.593. The van der Waals surface area contributed by atoms with Gasteiger partial charge in [0.25, 0.3) is 5.91 Å². The zero-order valence-electron chi connectivity index (χ0n) is 14.9. The van der Waals surface area contributed by atoms with E-state index in [2.05, 4.69) is 17.4 Å². The Labute approximate surface area is 184 Å². The Bertz CT molecular complexity index is 890. The van der Waals surface area contributed by atoms with Gasteiger partial charge in [0.2, 0.25) is 6.54 Å². The largest absolute Gasteiger partial charge is 0.320 e. The number of nitrogens with one attached hydrogen (secondary N) is 1. The third kappa shape index (κ3) is 5.23. The van der Waals surface area contributed by atoms with Gasteiger partial charge in [0.1, 0.15) is 0 Å². The van der Waals surface area contributed by atoms with Crippen molar-refractivity contribution in [3.05, 3.63) is 83.1 Å². The van der Waals surface area contributed by atoms with Gasteiger partial charge in [-0.3, -0.25) is 4.79 Å². The molecule has 3 rings (SSSR count). The molecule has 1 amide bonds. The van der Waals surface area contributed by atoms with Gasteiger partial charge in [-0.1, -0.05) is 41.9 Å². The van der Waals surface area contributed by atoms with E-state index >= 15 is 0 Å². The number of halogens is 1. The molecule has 1 aromatic heterocycles. The summed E-state index contributed by atoms with van der Waals surface area (Å²) in [6.07, 6.45) is 3.88. The SMILES string of the molecule is Cc1cc(Cl)cc(C)c1NC(=O)C[n+]1cccc(-c2ccccc2)c1.[Y]. The number of hydrogen-bond donors (Lipinski definition) is 1. The van der Waals surface area contributed by atoms with E-state index < -0.39 is 0 Å². The summed E-state index contributed by atoms with van der Waals surface area (Å²) in [5.41, 5.74) is 4.95. The summed E-state index contributed by atoms with van der Waals surface area (Å²) in [6.45, 7) is 4.14. The summed E-state index contributed by atoms with van der Waals surface area (Å²) in [5.74, 6) is -0.0660. The van der Waals surface area contributed by atoms with Crippen LogP contribution in [0, 0.1) is 13.8 Å². The summed E-state index contributed by atoms with van der Waals surface area (Å²) >= 11 is 6.05. The van der Waals surface area contributed by atoms with Crippen LogP contribution in [0.15, 0.2) is 67.0 Å². The van der Waals surface area contributed by atoms with Gasteiger partial charge in [-0.05, 0) is 48.7 Å². The van der Waals surface area contributed by atoms with Crippen LogP contribution in [0.25, 0.3) is 11.1 Å². The Balaban J connectivity index is 0.00000243. The molecule has 0 atom stereocenters. The number of pyridine rings is 1. The molecule has 2 aromatic carbocycles. The van der Waals surface area contributed by atoms with Crippen molar-refractivity contribution in [2.24, 2.45) is 0 Å². The van der Waals surface area contributed by atoms with Crippen molar-refractivity contribution < 1.29 is 42.1 Å². The Kier molecular flexibility index (Phi) is 7.51. The molecular formula is C21H20ClN2OY+. The van der Waals surface area contributed by atoms with Crippen molar-refractivity contribution in [1.82, 2.24) is 0 Å². The maximum Gasteiger partial charge on any atom is 0.290 e. The third-order valence-electron chi connectivity index (χ3n) is 4.05. The van der Waals surface area contributed by atoms with Crippen molar-refractivity contribution in [2.45, 2.75) is 20.4 Å². The molecule has 0 aliphatic rings. The molecule has 1 N–H and O–H groups in total. The number of amides is 1. The van der Waals surface area contributed by atoms with Crippen molar-refractivity contribution in [3.8, 4) is 11.1 Å². The second-order valence-electron chi connectivity index (χ2n) is 6.09. The monoisotopic (exact) mass is 440 g/mol. The first-order valence-electron chi connectivity index (χ1n) is 8.14. The van der Waals surface area contributed by atoms with Crippen LogP contribution >= 0.6 is 11.6 Å². The Hall–Kier alpha value is -1.55. The fourth-order valence-electron chi connectivity index (χ4n) is 2.87. The maximum absolute atomic E-state index is 12.5. The van der Waals surface area contributed by atoms with Crippen LogP contribution in [-0.4, -0.2) is 5.91 Å². The first kappa shape index (κ1) is 20.8. The normalized spacial score (nSPS) is 10.1. The summed E-state index contributed by atoms with van der Waals surface area (Å²) in [4.78, 5) is 12.5. The smallest absolute Gasteiger partial charge is 0.290 e. The topological polar surface area (TPSA) is 33.0 Å². The minimum atomic E-state index is -0.0660. The zero-order chi connectivity index (χ0) is 17.8. The Morgan fingerprint density at radius 1 is 1.00 bits per heavy atom. The summed E-state index contributed by atoms with van der Waals surface area (Å²) in [7, 11) is 0. The van der Waals surface area contributed by atoms with Gasteiger partial charge in [-0.2, -0.15) is 4.57 Å². The van der Waals surface area contributed by atoms with Crippen molar-refractivity contribution in [3.63, 3.8) is 0 Å². The van der Waals surface area contributed by atoms with Crippen LogP contribution in [0.5, 0.6) is 0 Å². The van der Waals surface area contributed by atoms with E-state index in [9.17, 15) is 4.79 Å². The van der Waals surface area contributed by atoms with Crippen LogP contribution in [-0.2, 0) is 44.0 Å². The van der Waals surface area contributed by atoms with Crippen molar-refractivity contribution in [2.75, 3.05) is 5.32 Å². The molecule has 0 bridgehead atoms. The number of anilines is 1. The van der Waals surface area contributed by atoms with Crippen LogP contribution < -0.4 is 9.88 Å². The standard InChI is InChI=1S/C21H19ClN2O.Y/c1-15-11-19(22)12-16(2)21(15)23-20(25)14-24-10-6-9-18(13-24)17-7-4-3-5-8-17;/h3-13H,14H2,1-2H3;/p+1. The van der Waals surface area contributed by atoms with E-state index in [1.165, 1.54) is 0 Å². The second kappa shape index (κ2) is 9.41. The average molecular weight is 441 g/mol. The fraction of sp³-hybridized carbons (Fsp3) is 0.143. The van der Waals surface area contributed by atoms with Gasteiger partial charge in [-0.15, -0.1) is 0 Å². The van der Waals surface area contributed by atoms with Crippen LogP contribution in [0.4, 0.5) is 5.69 Å². The molecule has 0 aliphatic carbocycles. The summed E-state index contributed by atoms with van der Waals surface area (Å²) in [6, 6.07) is 17.8. The van der Waals surface area contributed by atoms with E-state index in [4.69, 9.17) is 11.6 Å². The van der Waals surface area contributed by atoms with Gasteiger partial charge < -0.3 is 5.32 Å². The molecule has 1 heterocycles. The number of carbonyl (C=O) groups excluding carboxylic acids is 1. The molecule has 26 heavy (non-hydrogen) atoms. The molecule has 5 heteroatoms.